The molecule has 0 radical (unpaired) electrons. The average molecular weight is 331 g/mol. The molecule has 0 saturated heterocycles. The van der Waals surface area contributed by atoms with Gasteiger partial charge in [-0.15, -0.1) is 16.8 Å². The minimum absolute atomic E-state index is 0.122. The molecule has 0 saturated carbocycles. The van der Waals surface area contributed by atoms with Crippen LogP contribution in [0.2, 0.25) is 0 Å². The fourth-order valence-corrected chi connectivity index (χ4v) is 2.61. The Hall–Kier alpha value is -3.54. The molecule has 0 aliphatic rings. The maximum atomic E-state index is 12.4. The van der Waals surface area contributed by atoms with Crippen molar-refractivity contribution in [1.82, 2.24) is 15.2 Å². The summed E-state index contributed by atoms with van der Waals surface area (Å²) in [6.45, 7) is 3.72. The molecule has 122 valence electrons. The Morgan fingerprint density at radius 2 is 1.84 bits per heavy atom. The van der Waals surface area contributed by atoms with Gasteiger partial charge < -0.3 is 8.83 Å². The molecule has 3 heterocycles. The van der Waals surface area contributed by atoms with E-state index in [0.29, 0.717) is 17.9 Å². The number of rotatable bonds is 4. The summed E-state index contributed by atoms with van der Waals surface area (Å²) in [5.74, 6) is 0.439. The minimum atomic E-state index is -0.519. The van der Waals surface area contributed by atoms with Crippen molar-refractivity contribution in [2.24, 2.45) is 0 Å². The second kappa shape index (κ2) is 6.16. The maximum Gasteiger partial charge on any atom is 0.349 e. The highest BCUT2D eigenvalue weighted by atomic mass is 16.4. The summed E-state index contributed by atoms with van der Waals surface area (Å²) in [5.41, 5.74) is 1.89. The van der Waals surface area contributed by atoms with E-state index in [1.807, 2.05) is 18.2 Å². The van der Waals surface area contributed by atoms with Crippen molar-refractivity contribution in [2.75, 3.05) is 0 Å². The molecule has 4 rings (SSSR count). The highest BCUT2D eigenvalue weighted by Crippen LogP contribution is 2.25. The number of aromatic nitrogens is 3. The monoisotopic (exact) mass is 331 g/mol. The van der Waals surface area contributed by atoms with Crippen LogP contribution in [0.25, 0.3) is 33.9 Å². The van der Waals surface area contributed by atoms with E-state index in [1.54, 1.807) is 36.7 Å². The molecule has 0 atom stereocenters. The van der Waals surface area contributed by atoms with Crippen molar-refractivity contribution in [3.8, 4) is 22.9 Å². The third kappa shape index (κ3) is 2.74. The smallest absolute Gasteiger partial charge is 0.349 e. The molecule has 0 fully saturated rings. The second-order valence-electron chi connectivity index (χ2n) is 5.42. The van der Waals surface area contributed by atoms with E-state index in [4.69, 9.17) is 8.83 Å². The summed E-state index contributed by atoms with van der Waals surface area (Å²) in [4.78, 5) is 16.4. The fourth-order valence-electron chi connectivity index (χ4n) is 2.61. The standard InChI is InChI=1S/C19H13N3O3/c1-2-4-12-5-3-6-14-11-15(19(23)24-16(12)14)18-22-21-17(25-18)13-7-9-20-10-8-13/h2-3,5-11H,1,4H2. The van der Waals surface area contributed by atoms with Gasteiger partial charge in [-0.2, -0.15) is 0 Å². The molecular formula is C19H13N3O3. The van der Waals surface area contributed by atoms with Crippen LogP contribution >= 0.6 is 0 Å². The summed E-state index contributed by atoms with van der Waals surface area (Å²) >= 11 is 0. The number of hydrogen-bond donors (Lipinski definition) is 0. The van der Waals surface area contributed by atoms with E-state index in [-0.39, 0.29) is 11.5 Å². The molecule has 0 aliphatic carbocycles. The van der Waals surface area contributed by atoms with Crippen molar-refractivity contribution in [1.29, 1.82) is 0 Å². The zero-order valence-corrected chi connectivity index (χ0v) is 13.2. The van der Waals surface area contributed by atoms with E-state index < -0.39 is 5.63 Å². The molecule has 3 aromatic heterocycles. The fraction of sp³-hybridized carbons (Fsp3) is 0.0526. The molecule has 1 aromatic carbocycles. The van der Waals surface area contributed by atoms with E-state index in [1.165, 1.54) is 0 Å². The number of benzene rings is 1. The third-order valence-electron chi connectivity index (χ3n) is 3.79. The molecule has 6 heteroatoms. The minimum Gasteiger partial charge on any atom is -0.422 e. The normalized spacial score (nSPS) is 10.9. The zero-order valence-electron chi connectivity index (χ0n) is 13.2. The topological polar surface area (TPSA) is 82.0 Å². The molecule has 4 aromatic rings. The Balaban J connectivity index is 1.82. The Kier molecular flexibility index (Phi) is 3.70. The Bertz CT molecular complexity index is 1110. The number of hydrogen-bond acceptors (Lipinski definition) is 6. The number of para-hydroxylation sites is 1. The van der Waals surface area contributed by atoms with E-state index in [9.17, 15) is 4.79 Å². The molecule has 0 bridgehead atoms. The van der Waals surface area contributed by atoms with Crippen LogP contribution in [0.3, 0.4) is 0 Å². The molecule has 0 amide bonds. The number of fused-ring (bicyclic) bond motifs is 1. The highest BCUT2D eigenvalue weighted by Gasteiger charge is 2.16. The first kappa shape index (κ1) is 15.0. The van der Waals surface area contributed by atoms with Gasteiger partial charge in [0.2, 0.25) is 5.89 Å². The number of nitrogens with zero attached hydrogens (tertiary/aromatic N) is 3. The number of pyridine rings is 1. The molecule has 6 nitrogen and oxygen atoms in total. The van der Waals surface area contributed by atoms with Crippen LogP contribution in [0.4, 0.5) is 0 Å². The molecule has 0 unspecified atom stereocenters. The molecule has 0 spiro atoms. The molecular weight excluding hydrogens is 318 g/mol. The molecule has 0 aliphatic heterocycles. The Labute approximate surface area is 142 Å². The lowest BCUT2D eigenvalue weighted by atomic mass is 10.1. The lowest BCUT2D eigenvalue weighted by Gasteiger charge is -2.03. The van der Waals surface area contributed by atoms with Crippen LogP contribution in [0.5, 0.6) is 0 Å². The second-order valence-corrected chi connectivity index (χ2v) is 5.42. The van der Waals surface area contributed by atoms with Gasteiger partial charge in [0.1, 0.15) is 11.1 Å². The SMILES string of the molecule is C=CCc1cccc2cc(-c3nnc(-c4ccncc4)o3)c(=O)oc12. The van der Waals surface area contributed by atoms with Gasteiger partial charge >= 0.3 is 5.63 Å². The van der Waals surface area contributed by atoms with Gasteiger partial charge in [-0.25, -0.2) is 4.79 Å². The Morgan fingerprint density at radius 1 is 1.04 bits per heavy atom. The van der Waals surface area contributed by atoms with Crippen molar-refractivity contribution >= 4 is 11.0 Å². The van der Waals surface area contributed by atoms with Gasteiger partial charge in [-0.1, -0.05) is 24.3 Å². The van der Waals surface area contributed by atoms with Gasteiger partial charge in [0.15, 0.2) is 0 Å². The van der Waals surface area contributed by atoms with E-state index in [2.05, 4.69) is 21.8 Å². The predicted octanol–water partition coefficient (Wildman–Crippen LogP) is 3.63. The molecule has 25 heavy (non-hydrogen) atoms. The van der Waals surface area contributed by atoms with Gasteiger partial charge in [-0.3, -0.25) is 4.98 Å². The van der Waals surface area contributed by atoms with Crippen LogP contribution in [0.15, 0.2) is 75.1 Å². The average Bonchev–Trinajstić information content (AvgIpc) is 3.13. The van der Waals surface area contributed by atoms with Gasteiger partial charge in [0.25, 0.3) is 5.89 Å². The lowest BCUT2D eigenvalue weighted by Crippen LogP contribution is -2.04. The third-order valence-corrected chi connectivity index (χ3v) is 3.79. The summed E-state index contributed by atoms with van der Waals surface area (Å²) in [6, 6.07) is 10.9. The number of allylic oxidation sites excluding steroid dienone is 1. The first-order valence-electron chi connectivity index (χ1n) is 7.67. The van der Waals surface area contributed by atoms with Crippen molar-refractivity contribution < 1.29 is 8.83 Å². The Morgan fingerprint density at radius 3 is 2.64 bits per heavy atom. The lowest BCUT2D eigenvalue weighted by molar-refractivity contribution is 0.545. The van der Waals surface area contributed by atoms with Crippen molar-refractivity contribution in [3.63, 3.8) is 0 Å². The zero-order chi connectivity index (χ0) is 17.2. The van der Waals surface area contributed by atoms with Gasteiger partial charge in [-0.05, 0) is 30.2 Å². The first-order chi connectivity index (χ1) is 12.3. The quantitative estimate of drug-likeness (QED) is 0.419. The first-order valence-corrected chi connectivity index (χ1v) is 7.67. The summed E-state index contributed by atoms with van der Waals surface area (Å²) in [6.07, 6.45) is 5.64. The summed E-state index contributed by atoms with van der Waals surface area (Å²) < 4.78 is 11.1. The van der Waals surface area contributed by atoms with Crippen LogP contribution < -0.4 is 5.63 Å². The summed E-state index contributed by atoms with van der Waals surface area (Å²) in [5, 5.41) is 8.76. The van der Waals surface area contributed by atoms with Crippen LogP contribution in [-0.2, 0) is 6.42 Å². The van der Waals surface area contributed by atoms with Crippen LogP contribution in [0, 0.1) is 0 Å². The molecule has 0 N–H and O–H groups in total. The van der Waals surface area contributed by atoms with Gasteiger partial charge in [0.05, 0.1) is 0 Å². The summed E-state index contributed by atoms with van der Waals surface area (Å²) in [7, 11) is 0. The van der Waals surface area contributed by atoms with Crippen molar-refractivity contribution in [2.45, 2.75) is 6.42 Å². The van der Waals surface area contributed by atoms with E-state index >= 15 is 0 Å². The van der Waals surface area contributed by atoms with Crippen LogP contribution in [-0.4, -0.2) is 15.2 Å². The van der Waals surface area contributed by atoms with Crippen molar-refractivity contribution in [3.05, 3.63) is 77.4 Å². The van der Waals surface area contributed by atoms with Gasteiger partial charge in [0, 0.05) is 23.3 Å². The predicted molar refractivity (Wildman–Crippen MR) is 92.9 cm³/mol. The largest absolute Gasteiger partial charge is 0.422 e. The highest BCUT2D eigenvalue weighted by molar-refractivity contribution is 5.83. The maximum absolute atomic E-state index is 12.4. The van der Waals surface area contributed by atoms with Crippen LogP contribution in [0.1, 0.15) is 5.56 Å². The van der Waals surface area contributed by atoms with E-state index in [0.717, 1.165) is 16.5 Å².